The fourth-order valence-electron chi connectivity index (χ4n) is 5.72. The molecule has 52 heavy (non-hydrogen) atoms. The number of benzene rings is 1. The average Bonchev–Trinajstić information content (AvgIpc) is 3.20. The summed E-state index contributed by atoms with van der Waals surface area (Å²) in [6.07, 6.45) is -11.9. The number of imide groups is 1. The Morgan fingerprint density at radius 1 is 0.731 bits per heavy atom. The van der Waals surface area contributed by atoms with Gasteiger partial charge < -0.3 is 9.47 Å². The minimum atomic E-state index is -7.98. The first kappa shape index (κ1) is 44.9. The number of carbonyl (C=O) groups excluding carboxylic acids is 3. The molecule has 1 aromatic carbocycles. The molecule has 3 unspecified atom stereocenters. The maximum atomic E-state index is 14.2. The zero-order chi connectivity index (χ0) is 40.7. The first-order valence-electron chi connectivity index (χ1n) is 15.9. The van der Waals surface area contributed by atoms with Crippen molar-refractivity contribution in [3.8, 4) is 5.75 Å². The summed E-state index contributed by atoms with van der Waals surface area (Å²) in [7, 11) is 0. The lowest BCUT2D eigenvalue weighted by Gasteiger charge is -2.39. The van der Waals surface area contributed by atoms with Gasteiger partial charge in [-0.2, -0.15) is 57.1 Å². The molecule has 298 valence electrons. The second-order valence-electron chi connectivity index (χ2n) is 14.8. The lowest BCUT2D eigenvalue weighted by molar-refractivity contribution is -0.440. The van der Waals surface area contributed by atoms with Crippen molar-refractivity contribution in [3.05, 3.63) is 29.8 Å². The van der Waals surface area contributed by atoms with Gasteiger partial charge in [-0.05, 0) is 69.1 Å². The molecule has 1 fully saturated rings. The zero-order valence-corrected chi connectivity index (χ0v) is 29.2. The lowest BCUT2D eigenvalue weighted by atomic mass is 9.71. The molecular formula is C33H40F13NO5. The smallest absolute Gasteiger partial charge is 0.460 e. The van der Waals surface area contributed by atoms with Gasteiger partial charge in [0.2, 0.25) is 11.8 Å². The number of hydrogen-bond donors (Lipinski definition) is 0. The maximum Gasteiger partial charge on any atom is 0.460 e. The highest BCUT2D eigenvalue weighted by Crippen LogP contribution is 2.61. The minimum absolute atomic E-state index is 0.0806. The van der Waals surface area contributed by atoms with Crippen molar-refractivity contribution in [2.24, 2.45) is 17.3 Å². The van der Waals surface area contributed by atoms with Crippen LogP contribution in [0.1, 0.15) is 85.6 Å². The van der Waals surface area contributed by atoms with Gasteiger partial charge in [-0.25, -0.2) is 4.79 Å². The molecule has 3 atom stereocenters. The highest BCUT2D eigenvalue weighted by molar-refractivity contribution is 6.05. The van der Waals surface area contributed by atoms with Crippen LogP contribution in [0.5, 0.6) is 5.75 Å². The van der Waals surface area contributed by atoms with E-state index in [-0.39, 0.29) is 18.9 Å². The number of ether oxygens (including phenoxy) is 2. The fraction of sp³-hybridized carbons (Fsp3) is 0.727. The van der Waals surface area contributed by atoms with E-state index in [1.54, 1.807) is 72.7 Å². The second-order valence-corrected chi connectivity index (χ2v) is 14.8. The van der Waals surface area contributed by atoms with E-state index in [0.29, 0.717) is 16.2 Å². The topological polar surface area (TPSA) is 72.9 Å². The number of nitrogens with zero attached hydrogens (tertiary/aromatic N) is 1. The van der Waals surface area contributed by atoms with Crippen LogP contribution in [-0.4, -0.2) is 77.2 Å². The summed E-state index contributed by atoms with van der Waals surface area (Å²) in [5.41, 5.74) is -0.880. The highest BCUT2D eigenvalue weighted by Gasteiger charge is 2.90. The summed E-state index contributed by atoms with van der Waals surface area (Å²) in [5, 5.41) is 0. The standard InChI is InChI=1S/C33H40F13NO5/c1-18(19-10-12-20(13-11-19)51-17-22(48)52-27(5,6)7)16-21-23(26(2,3)4)25(50)47(24(21)49)15-9-8-14-28(34,35)29(36,37)30(38,39)31(40,41)32(42,43)33(44,45)46/h10-13,18,21,23H,8-9,14-17H2,1-7H3. The van der Waals surface area contributed by atoms with Crippen LogP contribution in [-0.2, 0) is 19.1 Å². The number of rotatable bonds is 15. The number of likely N-dealkylation sites (tertiary alicyclic amines) is 1. The largest absolute Gasteiger partial charge is 0.482 e. The van der Waals surface area contributed by atoms with Gasteiger partial charge in [0.05, 0.1) is 11.8 Å². The van der Waals surface area contributed by atoms with Crippen molar-refractivity contribution < 1.29 is 80.9 Å². The number of esters is 1. The van der Waals surface area contributed by atoms with Crippen molar-refractivity contribution in [2.75, 3.05) is 13.2 Å². The third kappa shape index (κ3) is 9.08. The Bertz CT molecular complexity index is 1430. The lowest BCUT2D eigenvalue weighted by Crippen LogP contribution is -2.70. The molecule has 0 N–H and O–H groups in total. The van der Waals surface area contributed by atoms with Gasteiger partial charge in [0.15, 0.2) is 6.61 Å². The van der Waals surface area contributed by atoms with Crippen molar-refractivity contribution in [2.45, 2.75) is 121 Å². The van der Waals surface area contributed by atoms with Crippen LogP contribution in [0.4, 0.5) is 57.1 Å². The van der Waals surface area contributed by atoms with Crippen LogP contribution in [0, 0.1) is 17.3 Å². The van der Waals surface area contributed by atoms with Gasteiger partial charge in [0.1, 0.15) is 11.4 Å². The Kier molecular flexibility index (Phi) is 12.8. The van der Waals surface area contributed by atoms with E-state index in [1.807, 2.05) is 0 Å². The van der Waals surface area contributed by atoms with Crippen LogP contribution < -0.4 is 4.74 Å². The van der Waals surface area contributed by atoms with Gasteiger partial charge >= 0.3 is 41.8 Å². The van der Waals surface area contributed by atoms with Crippen molar-refractivity contribution in [3.63, 3.8) is 0 Å². The van der Waals surface area contributed by atoms with Gasteiger partial charge in [0.25, 0.3) is 0 Å². The van der Waals surface area contributed by atoms with Crippen LogP contribution in [0.2, 0.25) is 0 Å². The Morgan fingerprint density at radius 3 is 1.69 bits per heavy atom. The molecule has 1 heterocycles. The van der Waals surface area contributed by atoms with E-state index in [1.165, 1.54) is 0 Å². The molecule has 1 aliphatic heterocycles. The third-order valence-electron chi connectivity index (χ3n) is 8.40. The maximum absolute atomic E-state index is 14.2. The SMILES string of the molecule is CC(CC1C(=O)N(CCCCC(F)(F)C(F)(F)C(F)(F)C(F)(F)C(F)(F)C(F)(F)F)C(=O)C1C(C)(C)C)c1ccc(OCC(=O)OC(C)(C)C)cc1. The number of halogens is 13. The predicted octanol–water partition coefficient (Wildman–Crippen LogP) is 9.46. The number of unbranched alkanes of at least 4 members (excludes halogenated alkanes) is 1. The Labute approximate surface area is 291 Å². The summed E-state index contributed by atoms with van der Waals surface area (Å²) >= 11 is 0. The molecule has 0 aliphatic carbocycles. The molecule has 19 heteroatoms. The van der Waals surface area contributed by atoms with E-state index in [2.05, 4.69) is 0 Å². The van der Waals surface area contributed by atoms with Crippen molar-refractivity contribution in [1.82, 2.24) is 4.90 Å². The molecular weight excluding hydrogens is 737 g/mol. The number of amides is 2. The van der Waals surface area contributed by atoms with E-state index in [4.69, 9.17) is 9.47 Å². The normalized spacial score (nSPS) is 19.3. The van der Waals surface area contributed by atoms with Crippen LogP contribution >= 0.6 is 0 Å². The molecule has 1 saturated heterocycles. The molecule has 0 bridgehead atoms. The van der Waals surface area contributed by atoms with Gasteiger partial charge in [-0.1, -0.05) is 39.8 Å². The Balaban J connectivity index is 2.14. The predicted molar refractivity (Wildman–Crippen MR) is 159 cm³/mol. The molecule has 6 nitrogen and oxygen atoms in total. The molecule has 0 saturated carbocycles. The molecule has 1 aromatic rings. The first-order valence-corrected chi connectivity index (χ1v) is 15.9. The quantitative estimate of drug-likeness (QED) is 0.0769. The first-order chi connectivity index (χ1) is 23.1. The van der Waals surface area contributed by atoms with E-state index in [0.717, 1.165) is 0 Å². The van der Waals surface area contributed by atoms with Gasteiger partial charge in [-0.15, -0.1) is 0 Å². The van der Waals surface area contributed by atoms with Crippen LogP contribution in [0.15, 0.2) is 24.3 Å². The van der Waals surface area contributed by atoms with E-state index >= 15 is 0 Å². The summed E-state index contributed by atoms with van der Waals surface area (Å²) in [4.78, 5) is 39.4. The fourth-order valence-corrected chi connectivity index (χ4v) is 5.72. The average molecular weight is 778 g/mol. The van der Waals surface area contributed by atoms with Crippen molar-refractivity contribution >= 4 is 17.8 Å². The monoisotopic (exact) mass is 777 g/mol. The number of hydrogen-bond acceptors (Lipinski definition) is 5. The highest BCUT2D eigenvalue weighted by atomic mass is 19.4. The Morgan fingerprint density at radius 2 is 1.23 bits per heavy atom. The summed E-state index contributed by atoms with van der Waals surface area (Å²) in [6.45, 7) is 10.6. The third-order valence-corrected chi connectivity index (χ3v) is 8.40. The Hall–Kier alpha value is -3.28. The second kappa shape index (κ2) is 14.9. The van der Waals surface area contributed by atoms with E-state index < -0.39 is 102 Å². The number of alkyl halides is 13. The van der Waals surface area contributed by atoms with E-state index in [9.17, 15) is 71.5 Å². The molecule has 1 aliphatic rings. The summed E-state index contributed by atoms with van der Waals surface area (Å²) < 4.78 is 185. The van der Waals surface area contributed by atoms with Crippen LogP contribution in [0.25, 0.3) is 0 Å². The summed E-state index contributed by atoms with van der Waals surface area (Å²) in [6, 6.07) is 6.42. The van der Waals surface area contributed by atoms with Crippen molar-refractivity contribution in [1.29, 1.82) is 0 Å². The molecule has 2 rings (SSSR count). The molecule has 0 spiro atoms. The minimum Gasteiger partial charge on any atom is -0.482 e. The zero-order valence-electron chi connectivity index (χ0n) is 29.2. The summed E-state index contributed by atoms with van der Waals surface area (Å²) in [5.74, 6) is -41.4. The number of carbonyl (C=O) groups is 3. The molecule has 0 radical (unpaired) electrons. The van der Waals surface area contributed by atoms with Crippen LogP contribution in [0.3, 0.4) is 0 Å². The van der Waals surface area contributed by atoms with Gasteiger partial charge in [-0.3, -0.25) is 14.5 Å². The van der Waals surface area contributed by atoms with Gasteiger partial charge in [0, 0.05) is 13.0 Å². The molecule has 2 amide bonds. The molecule has 0 aromatic heterocycles.